The second-order valence-corrected chi connectivity index (χ2v) is 8.49. The van der Waals surface area contributed by atoms with Gasteiger partial charge in [-0.2, -0.15) is 0 Å². The summed E-state index contributed by atoms with van der Waals surface area (Å²) in [5.74, 6) is 3.70. The summed E-state index contributed by atoms with van der Waals surface area (Å²) in [6.45, 7) is 3.92. The fourth-order valence-corrected chi connectivity index (χ4v) is 4.63. The van der Waals surface area contributed by atoms with Crippen LogP contribution in [0, 0.1) is 6.92 Å². The molecule has 172 valence electrons. The van der Waals surface area contributed by atoms with Crippen LogP contribution in [-0.2, 0) is 13.1 Å². The largest absolute Gasteiger partial charge is 0.496 e. The Labute approximate surface area is 197 Å². The normalized spacial score (nSPS) is 17.2. The van der Waals surface area contributed by atoms with Crippen molar-refractivity contribution in [1.82, 2.24) is 4.90 Å². The highest BCUT2D eigenvalue weighted by molar-refractivity contribution is 6.15. The summed E-state index contributed by atoms with van der Waals surface area (Å²) in [4.78, 5) is 15.4. The molecule has 3 aromatic carbocycles. The average Bonchev–Trinajstić information content (AvgIpc) is 3.44. The Morgan fingerprint density at radius 1 is 1.03 bits per heavy atom. The highest BCUT2D eigenvalue weighted by Gasteiger charge is 2.33. The van der Waals surface area contributed by atoms with E-state index in [1.165, 1.54) is 0 Å². The van der Waals surface area contributed by atoms with Crippen LogP contribution in [0.3, 0.4) is 0 Å². The Bertz CT molecular complexity index is 1350. The van der Waals surface area contributed by atoms with Gasteiger partial charge in [-0.15, -0.1) is 0 Å². The molecule has 3 aromatic rings. The molecule has 6 rings (SSSR count). The number of para-hydroxylation sites is 1. The van der Waals surface area contributed by atoms with E-state index in [-0.39, 0.29) is 18.3 Å². The number of methoxy groups -OCH3 is 1. The lowest BCUT2D eigenvalue weighted by Crippen LogP contribution is -2.32. The minimum absolute atomic E-state index is 0.139. The first-order valence-corrected chi connectivity index (χ1v) is 11.1. The van der Waals surface area contributed by atoms with Gasteiger partial charge in [0.2, 0.25) is 12.6 Å². The SMILES string of the molecule is COc1ccccc1CN1COc2c(cc3c(c2C)O/C(=C\c2ccc4c(c2)OCO4)C3=O)C1. The fourth-order valence-electron chi connectivity index (χ4n) is 4.63. The molecule has 0 radical (unpaired) electrons. The average molecular weight is 457 g/mol. The fraction of sp³-hybridized carbons (Fsp3) is 0.222. The lowest BCUT2D eigenvalue weighted by atomic mass is 9.99. The Morgan fingerprint density at radius 2 is 1.88 bits per heavy atom. The van der Waals surface area contributed by atoms with Crippen LogP contribution in [0.1, 0.15) is 32.6 Å². The Morgan fingerprint density at radius 3 is 2.76 bits per heavy atom. The molecule has 0 aliphatic carbocycles. The molecule has 0 bridgehead atoms. The number of ether oxygens (including phenoxy) is 5. The van der Waals surface area contributed by atoms with Crippen LogP contribution in [0.25, 0.3) is 6.08 Å². The van der Waals surface area contributed by atoms with Gasteiger partial charge in [-0.05, 0) is 42.8 Å². The second-order valence-electron chi connectivity index (χ2n) is 8.49. The van der Waals surface area contributed by atoms with Crippen molar-refractivity contribution in [2.75, 3.05) is 20.6 Å². The number of Topliss-reactive ketones (excluding diaryl/α,β-unsaturated/α-hetero) is 1. The van der Waals surface area contributed by atoms with Gasteiger partial charge in [0.15, 0.2) is 17.3 Å². The van der Waals surface area contributed by atoms with Crippen LogP contribution in [0.15, 0.2) is 54.3 Å². The van der Waals surface area contributed by atoms with E-state index in [1.807, 2.05) is 55.5 Å². The van der Waals surface area contributed by atoms with Crippen molar-refractivity contribution in [3.8, 4) is 28.7 Å². The highest BCUT2D eigenvalue weighted by atomic mass is 16.7. The quantitative estimate of drug-likeness (QED) is 0.526. The van der Waals surface area contributed by atoms with Gasteiger partial charge < -0.3 is 23.7 Å². The summed E-state index contributed by atoms with van der Waals surface area (Å²) in [6.07, 6.45) is 1.73. The third kappa shape index (κ3) is 3.45. The number of rotatable bonds is 4. The smallest absolute Gasteiger partial charge is 0.231 e. The maximum absolute atomic E-state index is 13.2. The molecule has 0 amide bonds. The van der Waals surface area contributed by atoms with Gasteiger partial charge in [0.25, 0.3) is 0 Å². The van der Waals surface area contributed by atoms with Crippen molar-refractivity contribution in [1.29, 1.82) is 0 Å². The number of benzene rings is 3. The standard InChI is InChI=1S/C27H23NO6/c1-16-26-19(13-28(14-31-26)12-18-5-3-4-6-21(18)30-2)11-20-25(29)24(34-27(16)20)10-17-7-8-22-23(9-17)33-15-32-22/h3-11H,12-15H2,1-2H3/b24-10-. The van der Waals surface area contributed by atoms with Crippen molar-refractivity contribution in [3.05, 3.63) is 82.1 Å². The topological polar surface area (TPSA) is 66.5 Å². The molecule has 0 spiro atoms. The Balaban J connectivity index is 1.27. The number of hydrogen-bond acceptors (Lipinski definition) is 7. The lowest BCUT2D eigenvalue weighted by molar-refractivity contribution is 0.0869. The molecule has 3 aliphatic heterocycles. The second kappa shape index (κ2) is 8.11. The maximum Gasteiger partial charge on any atom is 0.231 e. The van der Waals surface area contributed by atoms with E-state index in [2.05, 4.69) is 4.90 Å². The van der Waals surface area contributed by atoms with Crippen LogP contribution in [0.2, 0.25) is 0 Å². The minimum Gasteiger partial charge on any atom is -0.496 e. The van der Waals surface area contributed by atoms with E-state index < -0.39 is 0 Å². The Hall–Kier alpha value is -3.97. The number of carbonyl (C=O) groups is 1. The molecule has 0 fully saturated rings. The summed E-state index contributed by atoms with van der Waals surface area (Å²) >= 11 is 0. The first-order valence-electron chi connectivity index (χ1n) is 11.1. The predicted molar refractivity (Wildman–Crippen MR) is 124 cm³/mol. The zero-order valence-electron chi connectivity index (χ0n) is 18.9. The highest BCUT2D eigenvalue weighted by Crippen LogP contribution is 2.43. The summed E-state index contributed by atoms with van der Waals surface area (Å²) in [5, 5.41) is 0. The number of ketones is 1. The molecule has 3 heterocycles. The van der Waals surface area contributed by atoms with Gasteiger partial charge in [-0.3, -0.25) is 9.69 Å². The van der Waals surface area contributed by atoms with E-state index in [0.29, 0.717) is 42.6 Å². The first kappa shape index (κ1) is 20.6. The molecule has 3 aliphatic rings. The molecule has 34 heavy (non-hydrogen) atoms. The molecule has 0 saturated carbocycles. The number of hydrogen-bond donors (Lipinski definition) is 0. The summed E-state index contributed by atoms with van der Waals surface area (Å²) in [5.41, 5.74) is 4.27. The molecular weight excluding hydrogens is 434 g/mol. The third-order valence-electron chi connectivity index (χ3n) is 6.28. The molecule has 0 unspecified atom stereocenters. The third-order valence-corrected chi connectivity index (χ3v) is 6.28. The van der Waals surface area contributed by atoms with Crippen molar-refractivity contribution in [3.63, 3.8) is 0 Å². The van der Waals surface area contributed by atoms with Crippen LogP contribution in [0.4, 0.5) is 0 Å². The van der Waals surface area contributed by atoms with E-state index in [9.17, 15) is 4.79 Å². The zero-order chi connectivity index (χ0) is 23.2. The monoisotopic (exact) mass is 457 g/mol. The van der Waals surface area contributed by atoms with Gasteiger partial charge in [-0.1, -0.05) is 24.3 Å². The van der Waals surface area contributed by atoms with Gasteiger partial charge in [0, 0.05) is 29.8 Å². The van der Waals surface area contributed by atoms with Crippen molar-refractivity contribution < 1.29 is 28.5 Å². The minimum atomic E-state index is -0.139. The van der Waals surface area contributed by atoms with Crippen molar-refractivity contribution in [2.45, 2.75) is 20.0 Å². The predicted octanol–water partition coefficient (Wildman–Crippen LogP) is 4.70. The number of fused-ring (bicyclic) bond motifs is 3. The molecule has 0 atom stereocenters. The van der Waals surface area contributed by atoms with Gasteiger partial charge in [0.05, 0.1) is 12.7 Å². The van der Waals surface area contributed by atoms with Crippen molar-refractivity contribution in [2.24, 2.45) is 0 Å². The van der Waals surface area contributed by atoms with E-state index in [0.717, 1.165) is 33.8 Å². The van der Waals surface area contributed by atoms with Crippen LogP contribution in [0.5, 0.6) is 28.7 Å². The maximum atomic E-state index is 13.2. The Kier molecular flexibility index (Phi) is 4.92. The van der Waals surface area contributed by atoms with E-state index in [1.54, 1.807) is 13.2 Å². The van der Waals surface area contributed by atoms with Crippen LogP contribution in [-0.4, -0.2) is 31.3 Å². The number of nitrogens with zero attached hydrogens (tertiary/aromatic N) is 1. The molecule has 0 aromatic heterocycles. The first-order chi connectivity index (χ1) is 16.6. The van der Waals surface area contributed by atoms with Gasteiger partial charge >= 0.3 is 0 Å². The van der Waals surface area contributed by atoms with E-state index in [4.69, 9.17) is 23.7 Å². The van der Waals surface area contributed by atoms with Crippen molar-refractivity contribution >= 4 is 11.9 Å². The van der Waals surface area contributed by atoms with E-state index >= 15 is 0 Å². The molecule has 0 saturated heterocycles. The van der Waals surface area contributed by atoms with Crippen LogP contribution < -0.4 is 23.7 Å². The lowest BCUT2D eigenvalue weighted by Gasteiger charge is -2.30. The van der Waals surface area contributed by atoms with Gasteiger partial charge in [0.1, 0.15) is 24.0 Å². The summed E-state index contributed by atoms with van der Waals surface area (Å²) < 4.78 is 28.4. The molecule has 0 N–H and O–H groups in total. The number of carbonyl (C=O) groups excluding carboxylic acids is 1. The number of allylic oxidation sites excluding steroid dienone is 1. The van der Waals surface area contributed by atoms with Gasteiger partial charge in [-0.25, -0.2) is 0 Å². The molecule has 7 nitrogen and oxygen atoms in total. The summed E-state index contributed by atoms with van der Waals surface area (Å²) in [6, 6.07) is 15.4. The molecular formula is C27H23NO6. The summed E-state index contributed by atoms with van der Waals surface area (Å²) in [7, 11) is 1.67. The molecule has 7 heteroatoms. The zero-order valence-corrected chi connectivity index (χ0v) is 18.9. The van der Waals surface area contributed by atoms with Crippen LogP contribution >= 0.6 is 0 Å².